The van der Waals surface area contributed by atoms with Gasteiger partial charge in [-0.15, -0.1) is 0 Å². The topological polar surface area (TPSA) is 88.2 Å². The molecule has 1 aliphatic rings. The minimum atomic E-state index is -0.378. The summed E-state index contributed by atoms with van der Waals surface area (Å²) in [5.41, 5.74) is 0.993. The van der Waals surface area contributed by atoms with Crippen molar-refractivity contribution in [2.24, 2.45) is 0 Å². The van der Waals surface area contributed by atoms with E-state index >= 15 is 0 Å². The van der Waals surface area contributed by atoms with Crippen LogP contribution in [0.25, 0.3) is 0 Å². The molecule has 1 aromatic rings. The van der Waals surface area contributed by atoms with Crippen LogP contribution in [0.5, 0.6) is 11.5 Å². The lowest BCUT2D eigenvalue weighted by Crippen LogP contribution is -2.45. The maximum atomic E-state index is 12.4. The summed E-state index contributed by atoms with van der Waals surface area (Å²) < 4.78 is 10.9. The van der Waals surface area contributed by atoms with Crippen LogP contribution in [0.4, 0.5) is 4.79 Å². The zero-order valence-corrected chi connectivity index (χ0v) is 17.5. The van der Waals surface area contributed by atoms with E-state index in [4.69, 9.17) is 9.47 Å². The van der Waals surface area contributed by atoms with Crippen LogP contribution in [0.15, 0.2) is 18.2 Å². The molecule has 154 valence electrons. The highest BCUT2D eigenvalue weighted by atomic mass is 32.2. The molecule has 0 saturated carbocycles. The number of nitrogens with one attached hydrogen (secondary N) is 1. The summed E-state index contributed by atoms with van der Waals surface area (Å²) in [7, 11) is 3.45. The van der Waals surface area contributed by atoms with Crippen molar-refractivity contribution in [2.45, 2.75) is 26.4 Å². The van der Waals surface area contributed by atoms with Gasteiger partial charge in [0.15, 0.2) is 11.5 Å². The number of amides is 3. The van der Waals surface area contributed by atoms with Gasteiger partial charge in [-0.25, -0.2) is 0 Å². The summed E-state index contributed by atoms with van der Waals surface area (Å²) in [6.45, 7) is 5.27. The third-order valence-corrected chi connectivity index (χ3v) is 5.33. The maximum Gasteiger partial charge on any atom is 0.288 e. The molecule has 0 aromatic heterocycles. The number of hydrogen-bond acceptors (Lipinski definition) is 7. The van der Waals surface area contributed by atoms with E-state index in [1.165, 1.54) is 4.90 Å². The second kappa shape index (κ2) is 10.3. The Morgan fingerprint density at radius 2 is 2.11 bits per heavy atom. The first-order valence-electron chi connectivity index (χ1n) is 9.12. The van der Waals surface area contributed by atoms with Gasteiger partial charge in [-0.1, -0.05) is 17.8 Å². The SMILES string of the molecule is CCOc1ccc(CN(C)[C@H](C)C(=O)NCCN2C(=O)CSC2=O)cc1OC. The third kappa shape index (κ3) is 5.62. The van der Waals surface area contributed by atoms with Crippen LogP contribution in [0.3, 0.4) is 0 Å². The van der Waals surface area contributed by atoms with E-state index in [1.807, 2.05) is 44.0 Å². The molecule has 1 saturated heterocycles. The van der Waals surface area contributed by atoms with E-state index < -0.39 is 0 Å². The summed E-state index contributed by atoms with van der Waals surface area (Å²) in [6, 6.07) is 5.32. The molecular formula is C19H27N3O5S. The van der Waals surface area contributed by atoms with Crippen LogP contribution >= 0.6 is 11.8 Å². The van der Waals surface area contributed by atoms with Crippen molar-refractivity contribution >= 4 is 28.8 Å². The Bertz CT molecular complexity index is 712. The molecule has 2 rings (SSSR count). The molecule has 8 nitrogen and oxygen atoms in total. The monoisotopic (exact) mass is 409 g/mol. The molecule has 9 heteroatoms. The van der Waals surface area contributed by atoms with Crippen LogP contribution < -0.4 is 14.8 Å². The van der Waals surface area contributed by atoms with Gasteiger partial charge in [-0.3, -0.25) is 24.2 Å². The fourth-order valence-corrected chi connectivity index (χ4v) is 3.50. The molecule has 0 radical (unpaired) electrons. The molecule has 0 aliphatic carbocycles. The van der Waals surface area contributed by atoms with E-state index in [2.05, 4.69) is 5.32 Å². The molecule has 1 N–H and O–H groups in total. The molecular weight excluding hydrogens is 382 g/mol. The zero-order valence-electron chi connectivity index (χ0n) is 16.7. The molecule has 0 spiro atoms. The van der Waals surface area contributed by atoms with Gasteiger partial charge >= 0.3 is 0 Å². The number of ether oxygens (including phenoxy) is 2. The highest BCUT2D eigenvalue weighted by Gasteiger charge is 2.29. The average Bonchev–Trinajstić information content (AvgIpc) is 3.00. The number of nitrogens with zero attached hydrogens (tertiary/aromatic N) is 2. The number of methoxy groups -OCH3 is 1. The van der Waals surface area contributed by atoms with Crippen LogP contribution in [0.2, 0.25) is 0 Å². The quantitative estimate of drug-likeness (QED) is 0.629. The van der Waals surface area contributed by atoms with Gasteiger partial charge in [0.1, 0.15) is 0 Å². The van der Waals surface area contributed by atoms with E-state index in [9.17, 15) is 14.4 Å². The van der Waals surface area contributed by atoms with Gasteiger partial charge in [0, 0.05) is 19.6 Å². The first-order chi connectivity index (χ1) is 13.4. The number of thioether (sulfide) groups is 1. The Hall–Kier alpha value is -2.26. The molecule has 1 aliphatic heterocycles. The summed E-state index contributed by atoms with van der Waals surface area (Å²) in [5.74, 6) is 1.15. The Morgan fingerprint density at radius 3 is 2.71 bits per heavy atom. The Labute approximate surface area is 169 Å². The number of carbonyl (C=O) groups excluding carboxylic acids is 3. The van der Waals surface area contributed by atoms with Gasteiger partial charge in [0.25, 0.3) is 5.24 Å². The predicted octanol–water partition coefficient (Wildman–Crippen LogP) is 1.73. The third-order valence-electron chi connectivity index (χ3n) is 4.48. The number of rotatable bonds is 10. The molecule has 1 heterocycles. The van der Waals surface area contributed by atoms with Crippen LogP contribution in [-0.2, 0) is 16.1 Å². The molecule has 1 aromatic carbocycles. The number of carbonyl (C=O) groups is 3. The minimum absolute atomic E-state index is 0.160. The number of hydrogen-bond donors (Lipinski definition) is 1. The normalized spacial score (nSPS) is 15.1. The smallest absolute Gasteiger partial charge is 0.288 e. The van der Waals surface area contributed by atoms with Crippen molar-refractivity contribution < 1.29 is 23.9 Å². The molecule has 3 amide bonds. The van der Waals surface area contributed by atoms with Crippen molar-refractivity contribution in [3.63, 3.8) is 0 Å². The molecule has 1 fully saturated rings. The van der Waals surface area contributed by atoms with Crippen molar-refractivity contribution in [3.8, 4) is 11.5 Å². The lowest BCUT2D eigenvalue weighted by atomic mass is 10.1. The fourth-order valence-electron chi connectivity index (χ4n) is 2.75. The minimum Gasteiger partial charge on any atom is -0.493 e. The number of likely N-dealkylation sites (N-methyl/N-ethyl adjacent to an activating group) is 1. The maximum absolute atomic E-state index is 12.4. The lowest BCUT2D eigenvalue weighted by Gasteiger charge is -2.24. The van der Waals surface area contributed by atoms with E-state index in [0.717, 1.165) is 17.3 Å². The Kier molecular flexibility index (Phi) is 8.13. The zero-order chi connectivity index (χ0) is 20.7. The molecule has 0 bridgehead atoms. The Balaban J connectivity index is 1.85. The highest BCUT2D eigenvalue weighted by Crippen LogP contribution is 2.28. The predicted molar refractivity (Wildman–Crippen MR) is 108 cm³/mol. The fraction of sp³-hybridized carbons (Fsp3) is 0.526. The first-order valence-corrected chi connectivity index (χ1v) is 10.1. The second-order valence-electron chi connectivity index (χ2n) is 6.40. The lowest BCUT2D eigenvalue weighted by molar-refractivity contribution is -0.127. The first kappa shape index (κ1) is 22.0. The largest absolute Gasteiger partial charge is 0.493 e. The van der Waals surface area contributed by atoms with Gasteiger partial charge in [0.05, 0.1) is 25.5 Å². The van der Waals surface area contributed by atoms with E-state index in [0.29, 0.717) is 24.7 Å². The van der Waals surface area contributed by atoms with Crippen LogP contribution in [0.1, 0.15) is 19.4 Å². The van der Waals surface area contributed by atoms with E-state index in [-0.39, 0.29) is 41.9 Å². The molecule has 0 unspecified atom stereocenters. The highest BCUT2D eigenvalue weighted by molar-refractivity contribution is 8.14. The van der Waals surface area contributed by atoms with Crippen LogP contribution in [-0.4, -0.2) is 72.5 Å². The Morgan fingerprint density at radius 1 is 1.36 bits per heavy atom. The molecule has 1 atom stereocenters. The van der Waals surface area contributed by atoms with Gasteiger partial charge < -0.3 is 14.8 Å². The summed E-state index contributed by atoms with van der Waals surface area (Å²) >= 11 is 0.989. The van der Waals surface area contributed by atoms with Crippen molar-refractivity contribution in [1.82, 2.24) is 15.1 Å². The van der Waals surface area contributed by atoms with E-state index in [1.54, 1.807) is 7.11 Å². The van der Waals surface area contributed by atoms with Crippen LogP contribution in [0, 0.1) is 0 Å². The number of imide groups is 1. The molecule has 28 heavy (non-hydrogen) atoms. The summed E-state index contributed by atoms with van der Waals surface area (Å²) in [5, 5.41) is 2.53. The second-order valence-corrected chi connectivity index (χ2v) is 7.33. The summed E-state index contributed by atoms with van der Waals surface area (Å²) in [6.07, 6.45) is 0. The van der Waals surface area contributed by atoms with Crippen molar-refractivity contribution in [3.05, 3.63) is 23.8 Å². The van der Waals surface area contributed by atoms with Crippen molar-refractivity contribution in [1.29, 1.82) is 0 Å². The number of benzene rings is 1. The average molecular weight is 410 g/mol. The standard InChI is InChI=1S/C19H27N3O5S/c1-5-27-15-7-6-14(10-16(15)26-4)11-21(3)13(2)18(24)20-8-9-22-17(23)12-28-19(22)25/h6-7,10,13H,5,8-9,11-12H2,1-4H3,(H,20,24)/t13-/m1/s1. The van der Waals surface area contributed by atoms with Crippen molar-refractivity contribution in [2.75, 3.05) is 39.6 Å². The van der Waals surface area contributed by atoms with Gasteiger partial charge in [0.2, 0.25) is 11.8 Å². The summed E-state index contributed by atoms with van der Waals surface area (Å²) in [4.78, 5) is 38.6. The van der Waals surface area contributed by atoms with Gasteiger partial charge in [-0.05, 0) is 38.6 Å². The van der Waals surface area contributed by atoms with Gasteiger partial charge in [-0.2, -0.15) is 0 Å².